The SMILES string of the molecule is CCC1CCCN(CC2(C(=O)O)CCOCC2)CC1. The Morgan fingerprint density at radius 2 is 2.05 bits per heavy atom. The molecule has 1 atom stereocenters. The van der Waals surface area contributed by atoms with Crippen molar-refractivity contribution in [2.45, 2.75) is 45.4 Å². The summed E-state index contributed by atoms with van der Waals surface area (Å²) in [6.07, 6.45) is 6.32. The van der Waals surface area contributed by atoms with E-state index in [0.29, 0.717) is 32.6 Å². The number of hydrogen-bond donors (Lipinski definition) is 1. The van der Waals surface area contributed by atoms with Crippen molar-refractivity contribution in [3.05, 3.63) is 0 Å². The summed E-state index contributed by atoms with van der Waals surface area (Å²) in [5.74, 6) is 0.201. The van der Waals surface area contributed by atoms with Crippen molar-refractivity contribution in [1.82, 2.24) is 4.90 Å². The molecule has 2 heterocycles. The molecule has 1 unspecified atom stereocenters. The van der Waals surface area contributed by atoms with Crippen LogP contribution in [-0.2, 0) is 9.53 Å². The summed E-state index contributed by atoms with van der Waals surface area (Å²) in [5.41, 5.74) is -0.565. The molecule has 2 aliphatic heterocycles. The molecule has 0 saturated carbocycles. The monoisotopic (exact) mass is 269 g/mol. The highest BCUT2D eigenvalue weighted by atomic mass is 16.5. The summed E-state index contributed by atoms with van der Waals surface area (Å²) in [4.78, 5) is 14.1. The van der Waals surface area contributed by atoms with Gasteiger partial charge in [-0.3, -0.25) is 4.79 Å². The van der Waals surface area contributed by atoms with Gasteiger partial charge in [0.2, 0.25) is 0 Å². The van der Waals surface area contributed by atoms with Crippen LogP contribution in [0.2, 0.25) is 0 Å². The van der Waals surface area contributed by atoms with Gasteiger partial charge in [0.15, 0.2) is 0 Å². The number of nitrogens with zero attached hydrogens (tertiary/aromatic N) is 1. The molecule has 19 heavy (non-hydrogen) atoms. The van der Waals surface area contributed by atoms with Crippen LogP contribution in [0.15, 0.2) is 0 Å². The molecule has 2 rings (SSSR count). The van der Waals surface area contributed by atoms with Gasteiger partial charge in [-0.2, -0.15) is 0 Å². The summed E-state index contributed by atoms with van der Waals surface area (Å²) in [6.45, 7) is 6.29. The van der Waals surface area contributed by atoms with Crippen molar-refractivity contribution in [3.63, 3.8) is 0 Å². The summed E-state index contributed by atoms with van der Waals surface area (Å²) >= 11 is 0. The van der Waals surface area contributed by atoms with Gasteiger partial charge in [-0.25, -0.2) is 0 Å². The lowest BCUT2D eigenvalue weighted by Crippen LogP contribution is -2.47. The van der Waals surface area contributed by atoms with Gasteiger partial charge >= 0.3 is 5.97 Å². The highest BCUT2D eigenvalue weighted by Gasteiger charge is 2.41. The zero-order valence-electron chi connectivity index (χ0n) is 12.1. The van der Waals surface area contributed by atoms with E-state index in [9.17, 15) is 9.90 Å². The number of carboxylic acids is 1. The minimum atomic E-state index is -0.632. The Bertz CT molecular complexity index is 300. The highest BCUT2D eigenvalue weighted by molar-refractivity contribution is 5.75. The Balaban J connectivity index is 1.95. The van der Waals surface area contributed by atoms with E-state index in [0.717, 1.165) is 19.0 Å². The molecule has 0 aliphatic carbocycles. The summed E-state index contributed by atoms with van der Waals surface area (Å²) < 4.78 is 5.34. The van der Waals surface area contributed by atoms with Gasteiger partial charge in [-0.05, 0) is 51.1 Å². The highest BCUT2D eigenvalue weighted by Crippen LogP contribution is 2.33. The summed E-state index contributed by atoms with van der Waals surface area (Å²) in [5, 5.41) is 9.61. The second kappa shape index (κ2) is 6.71. The minimum absolute atomic E-state index is 0.565. The van der Waals surface area contributed by atoms with Crippen LogP contribution in [0.5, 0.6) is 0 Å². The fourth-order valence-electron chi connectivity index (χ4n) is 3.42. The maximum atomic E-state index is 11.7. The number of ether oxygens (including phenoxy) is 1. The van der Waals surface area contributed by atoms with E-state index in [4.69, 9.17) is 4.74 Å². The third kappa shape index (κ3) is 3.69. The third-order valence-corrected chi connectivity index (χ3v) is 4.95. The number of likely N-dealkylation sites (tertiary alicyclic amines) is 1. The summed E-state index contributed by atoms with van der Waals surface area (Å²) in [6, 6.07) is 0. The molecule has 2 aliphatic rings. The number of carboxylic acid groups (broad SMARTS) is 1. The molecule has 4 heteroatoms. The Morgan fingerprint density at radius 1 is 1.32 bits per heavy atom. The van der Waals surface area contributed by atoms with Crippen molar-refractivity contribution in [1.29, 1.82) is 0 Å². The van der Waals surface area contributed by atoms with Crippen LogP contribution in [0.1, 0.15) is 45.4 Å². The first-order valence-electron chi connectivity index (χ1n) is 7.70. The summed E-state index contributed by atoms with van der Waals surface area (Å²) in [7, 11) is 0. The Hall–Kier alpha value is -0.610. The first-order chi connectivity index (χ1) is 9.16. The van der Waals surface area contributed by atoms with Gasteiger partial charge in [-0.15, -0.1) is 0 Å². The number of rotatable bonds is 4. The number of aliphatic carboxylic acids is 1. The molecule has 0 aromatic heterocycles. The maximum absolute atomic E-state index is 11.7. The van der Waals surface area contributed by atoms with E-state index in [1.807, 2.05) is 0 Å². The second-order valence-corrected chi connectivity index (χ2v) is 6.18. The largest absolute Gasteiger partial charge is 0.481 e. The van der Waals surface area contributed by atoms with Gasteiger partial charge in [0.1, 0.15) is 0 Å². The van der Waals surface area contributed by atoms with E-state index in [1.54, 1.807) is 0 Å². The van der Waals surface area contributed by atoms with Crippen LogP contribution >= 0.6 is 0 Å². The first kappa shape index (κ1) is 14.8. The van der Waals surface area contributed by atoms with Crippen molar-refractivity contribution >= 4 is 5.97 Å². The van der Waals surface area contributed by atoms with Crippen molar-refractivity contribution in [3.8, 4) is 0 Å². The van der Waals surface area contributed by atoms with Crippen LogP contribution in [0.3, 0.4) is 0 Å². The molecular weight excluding hydrogens is 242 g/mol. The van der Waals surface area contributed by atoms with Crippen LogP contribution in [-0.4, -0.2) is 48.8 Å². The van der Waals surface area contributed by atoms with Gasteiger partial charge < -0.3 is 14.7 Å². The van der Waals surface area contributed by atoms with E-state index < -0.39 is 11.4 Å². The third-order valence-electron chi connectivity index (χ3n) is 4.95. The second-order valence-electron chi connectivity index (χ2n) is 6.18. The number of carbonyl (C=O) groups is 1. The normalized spacial score (nSPS) is 28.8. The molecule has 0 amide bonds. The smallest absolute Gasteiger partial charge is 0.311 e. The standard InChI is InChI=1S/C15H27NO3/c1-2-13-4-3-8-16(9-5-13)12-15(14(17)18)6-10-19-11-7-15/h13H,2-12H2,1H3,(H,17,18). The molecule has 4 nitrogen and oxygen atoms in total. The zero-order chi connectivity index (χ0) is 13.7. The van der Waals surface area contributed by atoms with E-state index in [2.05, 4.69) is 11.8 Å². The Kier molecular flexibility index (Phi) is 5.22. The van der Waals surface area contributed by atoms with E-state index in [1.165, 1.54) is 25.7 Å². The molecular formula is C15H27NO3. The van der Waals surface area contributed by atoms with E-state index in [-0.39, 0.29) is 0 Å². The lowest BCUT2D eigenvalue weighted by atomic mass is 9.79. The zero-order valence-corrected chi connectivity index (χ0v) is 12.1. The van der Waals surface area contributed by atoms with Crippen LogP contribution < -0.4 is 0 Å². The van der Waals surface area contributed by atoms with Crippen molar-refractivity contribution in [2.75, 3.05) is 32.8 Å². The van der Waals surface area contributed by atoms with E-state index >= 15 is 0 Å². The number of hydrogen-bond acceptors (Lipinski definition) is 3. The minimum Gasteiger partial charge on any atom is -0.481 e. The molecule has 110 valence electrons. The molecule has 0 aromatic rings. The molecule has 0 spiro atoms. The topological polar surface area (TPSA) is 49.8 Å². The van der Waals surface area contributed by atoms with Gasteiger partial charge in [0.25, 0.3) is 0 Å². The van der Waals surface area contributed by atoms with Crippen molar-refractivity contribution < 1.29 is 14.6 Å². The lowest BCUT2D eigenvalue weighted by Gasteiger charge is -2.37. The fraction of sp³-hybridized carbons (Fsp3) is 0.933. The van der Waals surface area contributed by atoms with Crippen molar-refractivity contribution in [2.24, 2.45) is 11.3 Å². The van der Waals surface area contributed by atoms with Crippen LogP contribution in [0.4, 0.5) is 0 Å². The van der Waals surface area contributed by atoms with Crippen LogP contribution in [0, 0.1) is 11.3 Å². The van der Waals surface area contributed by atoms with Crippen LogP contribution in [0.25, 0.3) is 0 Å². The predicted octanol–water partition coefficient (Wildman–Crippen LogP) is 2.38. The molecule has 2 saturated heterocycles. The molecule has 0 bridgehead atoms. The van der Waals surface area contributed by atoms with Gasteiger partial charge in [-0.1, -0.05) is 13.3 Å². The Labute approximate surface area is 116 Å². The average Bonchev–Trinajstić information content (AvgIpc) is 2.65. The quantitative estimate of drug-likeness (QED) is 0.851. The molecule has 0 radical (unpaired) electrons. The first-order valence-corrected chi connectivity index (χ1v) is 7.70. The van der Waals surface area contributed by atoms with Gasteiger partial charge in [0.05, 0.1) is 5.41 Å². The fourth-order valence-corrected chi connectivity index (χ4v) is 3.42. The molecule has 2 fully saturated rings. The van der Waals surface area contributed by atoms with Gasteiger partial charge in [0, 0.05) is 19.8 Å². The Morgan fingerprint density at radius 3 is 2.68 bits per heavy atom. The maximum Gasteiger partial charge on any atom is 0.311 e. The predicted molar refractivity (Wildman–Crippen MR) is 74.2 cm³/mol. The molecule has 1 N–H and O–H groups in total. The lowest BCUT2D eigenvalue weighted by molar-refractivity contribution is -0.156. The molecule has 0 aromatic carbocycles. The average molecular weight is 269 g/mol.